The fourth-order valence-electron chi connectivity index (χ4n) is 6.05. The van der Waals surface area contributed by atoms with Crippen LogP contribution in [0, 0.1) is 22.7 Å². The summed E-state index contributed by atoms with van der Waals surface area (Å²) in [6, 6.07) is 40.7. The van der Waals surface area contributed by atoms with E-state index in [1.54, 1.807) is 0 Å². The van der Waals surface area contributed by atoms with Gasteiger partial charge in [-0.15, -0.1) is 0 Å². The Balaban J connectivity index is 1.36. The van der Waals surface area contributed by atoms with Crippen molar-refractivity contribution in [3.05, 3.63) is 165 Å². The summed E-state index contributed by atoms with van der Waals surface area (Å²) in [5, 5.41) is 18.1. The molecule has 0 spiro atoms. The molecule has 0 fully saturated rings. The molecule has 0 amide bonds. The molecule has 4 nitrogen and oxygen atoms in total. The molecule has 0 atom stereocenters. The van der Waals surface area contributed by atoms with Crippen molar-refractivity contribution in [3.8, 4) is 23.6 Å². The highest BCUT2D eigenvalue weighted by Crippen LogP contribution is 2.33. The van der Waals surface area contributed by atoms with Gasteiger partial charge in [0.2, 0.25) is 0 Å². The van der Waals surface area contributed by atoms with Gasteiger partial charge in [0.25, 0.3) is 0 Å². The van der Waals surface area contributed by atoms with Crippen LogP contribution < -0.4 is 9.47 Å². The first-order valence-corrected chi connectivity index (χ1v) is 19.9. The summed E-state index contributed by atoms with van der Waals surface area (Å²) >= 11 is 0. The number of nitriles is 2. The second kappa shape index (κ2) is 22.8. The van der Waals surface area contributed by atoms with E-state index in [9.17, 15) is 0 Å². The molecule has 0 saturated heterocycles. The number of hydrogen-bond acceptors (Lipinski definition) is 4. The third-order valence-corrected chi connectivity index (χ3v) is 9.45. The van der Waals surface area contributed by atoms with E-state index in [1.165, 1.54) is 25.7 Å². The third-order valence-electron chi connectivity index (χ3n) is 9.45. The molecule has 0 saturated carbocycles. The van der Waals surface area contributed by atoms with Gasteiger partial charge in [-0.3, -0.25) is 0 Å². The topological polar surface area (TPSA) is 66.0 Å². The van der Waals surface area contributed by atoms with E-state index in [2.05, 4.69) is 135 Å². The summed E-state index contributed by atoms with van der Waals surface area (Å²) in [7, 11) is 0. The van der Waals surface area contributed by atoms with E-state index in [0.717, 1.165) is 81.7 Å². The van der Waals surface area contributed by atoms with Crippen LogP contribution in [0.2, 0.25) is 0 Å². The van der Waals surface area contributed by atoms with E-state index in [1.807, 2.05) is 48.5 Å². The highest BCUT2D eigenvalue weighted by atomic mass is 16.5. The standard InChI is InChI=1S/C52H52N2O2/c1-3-5-7-9-35-55-51-37-50(34-32-46-21-17-42(18-22-46)12-14-44-25-29-48(40-54)30-26-44)52(56-36-10-8-6-4-2)38-49(51)33-31-45-19-15-41(16-20-45)11-13-43-23-27-47(39-53)28-24-43/h11-34,37-38H,3-10,35-36H2,1-2H3/b13-11+,14-12+,33-31+,34-32+. The van der Waals surface area contributed by atoms with Gasteiger partial charge in [0.05, 0.1) is 36.5 Å². The fourth-order valence-corrected chi connectivity index (χ4v) is 6.05. The lowest BCUT2D eigenvalue weighted by Gasteiger charge is -2.15. The second-order valence-electron chi connectivity index (χ2n) is 13.9. The molecule has 5 rings (SSSR count). The highest BCUT2D eigenvalue weighted by molar-refractivity contribution is 5.80. The molecule has 5 aromatic rings. The Kier molecular flexibility index (Phi) is 16.6. The Morgan fingerprint density at radius 3 is 0.964 bits per heavy atom. The zero-order chi connectivity index (χ0) is 39.2. The van der Waals surface area contributed by atoms with Crippen LogP contribution in [0.15, 0.2) is 109 Å². The van der Waals surface area contributed by atoms with E-state index in [-0.39, 0.29) is 0 Å². The molecule has 282 valence electrons. The zero-order valence-electron chi connectivity index (χ0n) is 32.8. The van der Waals surface area contributed by atoms with Crippen LogP contribution in [-0.2, 0) is 0 Å². The third kappa shape index (κ3) is 13.5. The van der Waals surface area contributed by atoms with Gasteiger partial charge < -0.3 is 9.47 Å². The molecule has 0 aromatic heterocycles. The van der Waals surface area contributed by atoms with Crippen LogP contribution in [0.25, 0.3) is 48.6 Å². The summed E-state index contributed by atoms with van der Waals surface area (Å²) in [4.78, 5) is 0. The van der Waals surface area contributed by atoms with Gasteiger partial charge in [0, 0.05) is 11.1 Å². The van der Waals surface area contributed by atoms with Crippen molar-refractivity contribution in [1.29, 1.82) is 10.5 Å². The average molecular weight is 737 g/mol. The maximum absolute atomic E-state index is 9.07. The molecule has 0 N–H and O–H groups in total. The molecule has 0 bridgehead atoms. The number of ether oxygens (including phenoxy) is 2. The Morgan fingerprint density at radius 2 is 0.679 bits per heavy atom. The van der Waals surface area contributed by atoms with Crippen LogP contribution in [0.4, 0.5) is 0 Å². The zero-order valence-corrected chi connectivity index (χ0v) is 32.8. The fraction of sp³-hybridized carbons (Fsp3) is 0.231. The predicted molar refractivity (Wildman–Crippen MR) is 237 cm³/mol. The number of nitrogens with zero attached hydrogens (tertiary/aromatic N) is 2. The lowest BCUT2D eigenvalue weighted by atomic mass is 10.0. The van der Waals surface area contributed by atoms with E-state index < -0.39 is 0 Å². The second-order valence-corrected chi connectivity index (χ2v) is 13.9. The summed E-state index contributed by atoms with van der Waals surface area (Å²) in [5.41, 5.74) is 9.80. The van der Waals surface area contributed by atoms with Crippen LogP contribution >= 0.6 is 0 Å². The minimum atomic E-state index is 0.661. The molecule has 56 heavy (non-hydrogen) atoms. The summed E-state index contributed by atoms with van der Waals surface area (Å²) in [6.45, 7) is 5.78. The van der Waals surface area contributed by atoms with Gasteiger partial charge >= 0.3 is 0 Å². The first kappa shape index (κ1) is 40.8. The van der Waals surface area contributed by atoms with E-state index in [0.29, 0.717) is 24.3 Å². The van der Waals surface area contributed by atoms with Crippen molar-refractivity contribution in [2.24, 2.45) is 0 Å². The van der Waals surface area contributed by atoms with E-state index in [4.69, 9.17) is 20.0 Å². The van der Waals surface area contributed by atoms with Gasteiger partial charge in [-0.05, 0) is 82.6 Å². The Bertz CT molecular complexity index is 2000. The van der Waals surface area contributed by atoms with Crippen LogP contribution in [-0.4, -0.2) is 13.2 Å². The maximum Gasteiger partial charge on any atom is 0.127 e. The van der Waals surface area contributed by atoms with Gasteiger partial charge in [0.15, 0.2) is 0 Å². The first-order valence-electron chi connectivity index (χ1n) is 19.9. The number of benzene rings is 5. The summed E-state index contributed by atoms with van der Waals surface area (Å²) < 4.78 is 13.0. The van der Waals surface area contributed by atoms with Crippen molar-refractivity contribution in [2.45, 2.75) is 65.2 Å². The summed E-state index contributed by atoms with van der Waals surface area (Å²) in [5.74, 6) is 1.70. The normalized spacial score (nSPS) is 11.4. The molecule has 0 heterocycles. The van der Waals surface area contributed by atoms with Crippen LogP contribution in [0.3, 0.4) is 0 Å². The molecule has 4 heteroatoms. The molecular weight excluding hydrogens is 685 g/mol. The largest absolute Gasteiger partial charge is 0.493 e. The predicted octanol–water partition coefficient (Wildman–Crippen LogP) is 14.0. The van der Waals surface area contributed by atoms with Crippen molar-refractivity contribution < 1.29 is 9.47 Å². The van der Waals surface area contributed by atoms with Crippen molar-refractivity contribution in [2.75, 3.05) is 13.2 Å². The van der Waals surface area contributed by atoms with Crippen molar-refractivity contribution in [1.82, 2.24) is 0 Å². The SMILES string of the molecule is CCCCCCOc1cc(/C=C/c2ccc(/C=C/c3ccc(C#N)cc3)cc2)c(OCCCCCC)cc1/C=C/c1ccc(/C=C/c2ccc(C#N)cc2)cc1. The highest BCUT2D eigenvalue weighted by Gasteiger charge is 2.11. The van der Waals surface area contributed by atoms with Crippen molar-refractivity contribution in [3.63, 3.8) is 0 Å². The average Bonchev–Trinajstić information content (AvgIpc) is 3.25. The lowest BCUT2D eigenvalue weighted by molar-refractivity contribution is 0.296. The molecule has 0 aliphatic heterocycles. The van der Waals surface area contributed by atoms with Crippen LogP contribution in [0.5, 0.6) is 11.5 Å². The number of unbranched alkanes of at least 4 members (excludes halogenated alkanes) is 6. The Morgan fingerprint density at radius 1 is 0.393 bits per heavy atom. The minimum Gasteiger partial charge on any atom is -0.493 e. The molecule has 0 radical (unpaired) electrons. The monoisotopic (exact) mass is 736 g/mol. The lowest BCUT2D eigenvalue weighted by Crippen LogP contribution is -2.03. The minimum absolute atomic E-state index is 0.661. The Hall–Kier alpha value is -6.36. The van der Waals surface area contributed by atoms with Gasteiger partial charge in [0.1, 0.15) is 11.5 Å². The number of rotatable bonds is 20. The molecule has 5 aromatic carbocycles. The first-order chi connectivity index (χ1) is 27.6. The van der Waals surface area contributed by atoms with E-state index >= 15 is 0 Å². The van der Waals surface area contributed by atoms with Gasteiger partial charge in [-0.1, -0.05) is 174 Å². The van der Waals surface area contributed by atoms with Crippen LogP contribution in [0.1, 0.15) is 121 Å². The smallest absolute Gasteiger partial charge is 0.127 e. The maximum atomic E-state index is 9.07. The quantitative estimate of drug-likeness (QED) is 0.0589. The molecule has 0 unspecified atom stereocenters. The summed E-state index contributed by atoms with van der Waals surface area (Å²) in [6.07, 6.45) is 25.9. The molecular formula is C52H52N2O2. The number of hydrogen-bond donors (Lipinski definition) is 0. The molecule has 0 aliphatic rings. The molecule has 0 aliphatic carbocycles. The van der Waals surface area contributed by atoms with Crippen molar-refractivity contribution >= 4 is 48.6 Å². The van der Waals surface area contributed by atoms with Gasteiger partial charge in [-0.25, -0.2) is 0 Å². The van der Waals surface area contributed by atoms with Gasteiger partial charge in [-0.2, -0.15) is 10.5 Å². The Labute approximate surface area is 334 Å².